The molecule has 7 heavy (non-hydrogen) atoms. The van der Waals surface area contributed by atoms with Gasteiger partial charge >= 0.3 is 0 Å². The molecule has 0 fully saturated rings. The summed E-state index contributed by atoms with van der Waals surface area (Å²) in [6.07, 6.45) is 0. The first-order chi connectivity index (χ1) is 3.29. The molecule has 1 heterocycles. The first-order valence-corrected chi connectivity index (χ1v) is 2.01. The van der Waals surface area contributed by atoms with Crippen molar-refractivity contribution in [3.05, 3.63) is 23.9 Å². The van der Waals surface area contributed by atoms with Crippen LogP contribution < -0.4 is 0 Å². The minimum atomic E-state index is -0.516. The molecule has 0 spiro atoms. The summed E-state index contributed by atoms with van der Waals surface area (Å²) >= 11 is 0. The van der Waals surface area contributed by atoms with Gasteiger partial charge in [0.15, 0.2) is 0 Å². The van der Waals surface area contributed by atoms with Gasteiger partial charge in [0.25, 0.3) is 6.01 Å². The Labute approximate surface area is 40.8 Å². The second kappa shape index (κ2) is 1.37. The average molecular weight is 99.1 g/mol. The van der Waals surface area contributed by atoms with E-state index >= 15 is 0 Å². The number of halogens is 1. The van der Waals surface area contributed by atoms with Crippen LogP contribution in [0, 0.1) is 12.9 Å². The number of aryl methyl sites for hydroxylation is 1. The average Bonchev–Trinajstić information content (AvgIpc) is 1.87. The molecule has 0 amide bonds. The summed E-state index contributed by atoms with van der Waals surface area (Å²) in [7, 11) is 0. The number of furan rings is 1. The summed E-state index contributed by atoms with van der Waals surface area (Å²) in [4.78, 5) is 0. The molecule has 0 bridgehead atoms. The highest BCUT2D eigenvalue weighted by atomic mass is 18.2. The van der Waals surface area contributed by atoms with Gasteiger partial charge in [0.05, 0.1) is 0 Å². The maximum Gasteiger partial charge on any atom is 0.277 e. The molecule has 1 aromatic rings. The normalized spacial score (nSPS) is 9.43. The van der Waals surface area contributed by atoms with Crippen molar-refractivity contribution in [3.8, 4) is 0 Å². The van der Waals surface area contributed by atoms with E-state index in [-0.39, 0.29) is 0 Å². The van der Waals surface area contributed by atoms with Gasteiger partial charge in [0.2, 0.25) is 0 Å². The Balaban J connectivity index is 3.04. The highest BCUT2D eigenvalue weighted by molar-refractivity contribution is 4.95. The second-order valence-electron chi connectivity index (χ2n) is 1.35. The van der Waals surface area contributed by atoms with E-state index in [1.54, 1.807) is 13.0 Å². The van der Waals surface area contributed by atoms with Gasteiger partial charge in [-0.15, -0.1) is 0 Å². The molecule has 0 unspecified atom stereocenters. The Morgan fingerprint density at radius 3 is 2.43 bits per heavy atom. The zero-order valence-corrected chi connectivity index (χ0v) is 3.94. The van der Waals surface area contributed by atoms with Gasteiger partial charge in [0, 0.05) is 6.07 Å². The zero-order valence-electron chi connectivity index (χ0n) is 3.94. The smallest absolute Gasteiger partial charge is 0.277 e. The van der Waals surface area contributed by atoms with Crippen LogP contribution in [0.4, 0.5) is 4.39 Å². The Morgan fingerprint density at radius 2 is 2.29 bits per heavy atom. The molecule has 38 valence electrons. The minimum Gasteiger partial charge on any atom is -0.437 e. The van der Waals surface area contributed by atoms with Gasteiger partial charge < -0.3 is 4.42 Å². The number of rotatable bonds is 0. The van der Waals surface area contributed by atoms with E-state index in [9.17, 15) is 4.39 Å². The van der Waals surface area contributed by atoms with Gasteiger partial charge in [-0.2, -0.15) is 4.39 Å². The van der Waals surface area contributed by atoms with Gasteiger partial charge in [-0.25, -0.2) is 0 Å². The van der Waals surface area contributed by atoms with E-state index in [1.807, 2.05) is 0 Å². The van der Waals surface area contributed by atoms with Gasteiger partial charge in [-0.1, -0.05) is 0 Å². The lowest BCUT2D eigenvalue weighted by molar-refractivity contribution is 0.346. The van der Waals surface area contributed by atoms with Crippen LogP contribution in [-0.2, 0) is 0 Å². The molecule has 0 N–H and O–H groups in total. The van der Waals surface area contributed by atoms with Gasteiger partial charge in [-0.3, -0.25) is 0 Å². The van der Waals surface area contributed by atoms with Crippen molar-refractivity contribution in [2.45, 2.75) is 6.92 Å². The fraction of sp³-hybridized carbons (Fsp3) is 0.200. The van der Waals surface area contributed by atoms with Crippen LogP contribution in [0.1, 0.15) is 5.76 Å². The van der Waals surface area contributed by atoms with Crippen molar-refractivity contribution in [3.63, 3.8) is 0 Å². The number of hydrogen-bond donors (Lipinski definition) is 0. The van der Waals surface area contributed by atoms with Crippen LogP contribution in [-0.4, -0.2) is 0 Å². The van der Waals surface area contributed by atoms with E-state index in [0.717, 1.165) is 0 Å². The molecular formula is C5H5FO. The molecule has 0 aliphatic carbocycles. The molecule has 0 aliphatic heterocycles. The Morgan fingerprint density at radius 1 is 1.57 bits per heavy atom. The van der Waals surface area contributed by atoms with Crippen LogP contribution in [0.15, 0.2) is 16.5 Å². The summed E-state index contributed by atoms with van der Waals surface area (Å²) in [5.74, 6) is 0.609. The van der Waals surface area contributed by atoms with E-state index in [1.165, 1.54) is 6.07 Å². The van der Waals surface area contributed by atoms with Crippen molar-refractivity contribution >= 4 is 0 Å². The highest BCUT2D eigenvalue weighted by Gasteiger charge is 1.90. The lowest BCUT2D eigenvalue weighted by Crippen LogP contribution is -1.54. The third-order valence-corrected chi connectivity index (χ3v) is 0.708. The van der Waals surface area contributed by atoms with Crippen LogP contribution in [0.2, 0.25) is 0 Å². The van der Waals surface area contributed by atoms with Crippen molar-refractivity contribution in [2.75, 3.05) is 0 Å². The van der Waals surface area contributed by atoms with E-state index in [2.05, 4.69) is 4.42 Å². The van der Waals surface area contributed by atoms with E-state index < -0.39 is 6.01 Å². The lowest BCUT2D eigenvalue weighted by Gasteiger charge is -1.72. The predicted octanol–water partition coefficient (Wildman–Crippen LogP) is 1.73. The Kier molecular flexibility index (Phi) is 0.855. The Bertz CT molecular complexity index is 140. The molecule has 2 heteroatoms. The largest absolute Gasteiger partial charge is 0.437 e. The van der Waals surface area contributed by atoms with Crippen LogP contribution in [0.3, 0.4) is 0 Å². The molecule has 1 nitrogen and oxygen atoms in total. The van der Waals surface area contributed by atoms with Crippen molar-refractivity contribution in [1.82, 2.24) is 0 Å². The molecular weight excluding hydrogens is 94.1 g/mol. The van der Waals surface area contributed by atoms with Crippen LogP contribution in [0.25, 0.3) is 0 Å². The quantitative estimate of drug-likeness (QED) is 0.482. The summed E-state index contributed by atoms with van der Waals surface area (Å²) < 4.78 is 16.2. The Hall–Kier alpha value is -0.790. The van der Waals surface area contributed by atoms with E-state index in [4.69, 9.17) is 0 Å². The van der Waals surface area contributed by atoms with Crippen LogP contribution >= 0.6 is 0 Å². The van der Waals surface area contributed by atoms with Crippen molar-refractivity contribution < 1.29 is 8.81 Å². The fourth-order valence-electron chi connectivity index (χ4n) is 0.405. The first kappa shape index (κ1) is 4.37. The highest BCUT2D eigenvalue weighted by Crippen LogP contribution is 2.01. The van der Waals surface area contributed by atoms with E-state index in [0.29, 0.717) is 5.76 Å². The third kappa shape index (κ3) is 0.796. The summed E-state index contributed by atoms with van der Waals surface area (Å²) in [5, 5.41) is 0. The number of hydrogen-bond acceptors (Lipinski definition) is 1. The third-order valence-electron chi connectivity index (χ3n) is 0.708. The molecule has 0 aliphatic rings. The maximum atomic E-state index is 11.8. The van der Waals surface area contributed by atoms with Gasteiger partial charge in [0.1, 0.15) is 5.76 Å². The van der Waals surface area contributed by atoms with Crippen molar-refractivity contribution in [2.24, 2.45) is 0 Å². The molecule has 1 aromatic heterocycles. The molecule has 1 rings (SSSR count). The molecule has 0 aromatic carbocycles. The summed E-state index contributed by atoms with van der Waals surface area (Å²) in [6.45, 7) is 1.70. The second-order valence-corrected chi connectivity index (χ2v) is 1.35. The molecule has 0 saturated heterocycles. The van der Waals surface area contributed by atoms with Crippen LogP contribution in [0.5, 0.6) is 0 Å². The standard InChI is InChI=1S/C5H5FO/c1-4-2-3-5(6)7-4/h2-3H,1H3/i6-1. The summed E-state index contributed by atoms with van der Waals surface area (Å²) in [6, 6.07) is 2.35. The first-order valence-electron chi connectivity index (χ1n) is 2.01. The topological polar surface area (TPSA) is 13.1 Å². The zero-order chi connectivity index (χ0) is 5.28. The van der Waals surface area contributed by atoms with Crippen molar-refractivity contribution in [1.29, 1.82) is 0 Å². The molecule has 0 radical (unpaired) electrons. The minimum absolute atomic E-state index is 0.516. The predicted molar refractivity (Wildman–Crippen MR) is 23.4 cm³/mol. The maximum absolute atomic E-state index is 11.8. The fourth-order valence-corrected chi connectivity index (χ4v) is 0.405. The van der Waals surface area contributed by atoms with Gasteiger partial charge in [-0.05, 0) is 13.0 Å². The monoisotopic (exact) mass is 99.0 g/mol. The lowest BCUT2D eigenvalue weighted by atomic mass is 10.5. The molecule has 0 atom stereocenters. The molecule has 0 saturated carbocycles. The SMILES string of the molecule is Cc1ccc([18F])o1. The summed E-state index contributed by atoms with van der Waals surface area (Å²) in [5.41, 5.74) is 0.